The van der Waals surface area contributed by atoms with Crippen LogP contribution in [-0.4, -0.2) is 34.3 Å². The molecule has 102 valence electrons. The predicted molar refractivity (Wildman–Crippen MR) is 74.0 cm³/mol. The molecule has 1 aromatic heterocycles. The van der Waals surface area contributed by atoms with Gasteiger partial charge in [-0.25, -0.2) is 17.8 Å². The third-order valence-corrected chi connectivity index (χ3v) is 6.45. The number of aromatic nitrogens is 3. The molecule has 18 heavy (non-hydrogen) atoms. The number of nitrogens with zero attached hydrogens (tertiary/aromatic N) is 3. The lowest BCUT2D eigenvalue weighted by molar-refractivity contribution is 0.425. The van der Waals surface area contributed by atoms with Crippen LogP contribution in [-0.2, 0) is 17.1 Å². The van der Waals surface area contributed by atoms with Crippen LogP contribution >= 0.6 is 31.9 Å². The summed E-state index contributed by atoms with van der Waals surface area (Å²) in [5.74, 6) is 0. The molecule has 2 rings (SSSR count). The largest absolute Gasteiger partial charge is 0.260 e. The SMILES string of the molecule is Cn1nnc(Br)c1S(=O)(=O)NC1CCCCC1Br. The van der Waals surface area contributed by atoms with E-state index in [9.17, 15) is 8.42 Å². The topological polar surface area (TPSA) is 76.9 Å². The summed E-state index contributed by atoms with van der Waals surface area (Å²) in [6.07, 6.45) is 4.00. The van der Waals surface area contributed by atoms with Crippen LogP contribution in [0.1, 0.15) is 25.7 Å². The van der Waals surface area contributed by atoms with Gasteiger partial charge in [0.2, 0.25) is 5.03 Å². The maximum atomic E-state index is 12.3. The van der Waals surface area contributed by atoms with Crippen molar-refractivity contribution in [3.8, 4) is 0 Å². The minimum absolute atomic E-state index is 0.0628. The molecule has 0 bridgehead atoms. The Bertz CT molecular complexity index is 511. The monoisotopic (exact) mass is 400 g/mol. The van der Waals surface area contributed by atoms with Crippen LogP contribution in [0, 0.1) is 0 Å². The van der Waals surface area contributed by atoms with E-state index in [0.717, 1.165) is 25.7 Å². The Morgan fingerprint density at radius 3 is 2.61 bits per heavy atom. The summed E-state index contributed by atoms with van der Waals surface area (Å²) >= 11 is 6.64. The molecule has 2 atom stereocenters. The van der Waals surface area contributed by atoms with Crippen LogP contribution in [0.5, 0.6) is 0 Å². The molecule has 2 unspecified atom stereocenters. The standard InChI is InChI=1S/C9H14Br2N4O2S/c1-15-9(8(11)12-14-15)18(16,17)13-7-5-3-2-4-6(7)10/h6-7,13H,2-5H2,1H3. The Morgan fingerprint density at radius 1 is 1.39 bits per heavy atom. The highest BCUT2D eigenvalue weighted by Crippen LogP contribution is 2.26. The molecule has 0 spiro atoms. The Balaban J connectivity index is 2.22. The highest BCUT2D eigenvalue weighted by molar-refractivity contribution is 9.10. The second-order valence-electron chi connectivity index (χ2n) is 4.34. The van der Waals surface area contributed by atoms with E-state index in [-0.39, 0.29) is 20.5 Å². The van der Waals surface area contributed by atoms with Gasteiger partial charge in [-0.1, -0.05) is 34.0 Å². The molecule has 1 aliphatic rings. The summed E-state index contributed by atoms with van der Waals surface area (Å²) in [4.78, 5) is 0.181. The molecule has 0 aromatic carbocycles. The second kappa shape index (κ2) is 5.56. The molecule has 1 aromatic rings. The number of sulfonamides is 1. The number of nitrogens with one attached hydrogen (secondary N) is 1. The highest BCUT2D eigenvalue weighted by Gasteiger charge is 2.31. The number of aryl methyl sites for hydroxylation is 1. The van der Waals surface area contributed by atoms with E-state index in [1.807, 2.05) is 0 Å². The summed E-state index contributed by atoms with van der Waals surface area (Å²) in [5, 5.41) is 7.44. The van der Waals surface area contributed by atoms with Crippen molar-refractivity contribution in [3.05, 3.63) is 4.60 Å². The molecule has 1 aliphatic carbocycles. The van der Waals surface area contributed by atoms with Gasteiger partial charge in [-0.2, -0.15) is 0 Å². The molecule has 9 heteroatoms. The minimum atomic E-state index is -3.60. The van der Waals surface area contributed by atoms with E-state index in [0.29, 0.717) is 0 Å². The normalized spacial score (nSPS) is 25.3. The molecule has 1 saturated carbocycles. The minimum Gasteiger partial charge on any atom is -0.235 e. The van der Waals surface area contributed by atoms with E-state index < -0.39 is 10.0 Å². The zero-order valence-electron chi connectivity index (χ0n) is 9.81. The quantitative estimate of drug-likeness (QED) is 0.779. The van der Waals surface area contributed by atoms with Crippen molar-refractivity contribution < 1.29 is 8.42 Å². The van der Waals surface area contributed by atoms with Gasteiger partial charge >= 0.3 is 0 Å². The predicted octanol–water partition coefficient (Wildman–Crippen LogP) is 1.56. The summed E-state index contributed by atoms with van der Waals surface area (Å²) in [5.41, 5.74) is 0. The van der Waals surface area contributed by atoms with Gasteiger partial charge in [0.25, 0.3) is 10.0 Å². The van der Waals surface area contributed by atoms with Gasteiger partial charge in [-0.3, -0.25) is 0 Å². The number of alkyl halides is 1. The first-order valence-corrected chi connectivity index (χ1v) is 8.82. The summed E-state index contributed by atoms with van der Waals surface area (Å²) in [6.45, 7) is 0. The fraction of sp³-hybridized carbons (Fsp3) is 0.778. The van der Waals surface area contributed by atoms with Crippen LogP contribution < -0.4 is 4.72 Å². The van der Waals surface area contributed by atoms with Crippen molar-refractivity contribution in [2.24, 2.45) is 7.05 Å². The van der Waals surface area contributed by atoms with Gasteiger partial charge in [-0.05, 0) is 28.8 Å². The maximum Gasteiger partial charge on any atom is 0.260 e. The second-order valence-corrected chi connectivity index (χ2v) is 7.89. The third kappa shape index (κ3) is 2.94. The molecule has 1 N–H and O–H groups in total. The Morgan fingerprint density at radius 2 is 2.06 bits per heavy atom. The zero-order valence-corrected chi connectivity index (χ0v) is 13.8. The van der Waals surface area contributed by atoms with Crippen molar-refractivity contribution in [1.82, 2.24) is 19.7 Å². The zero-order chi connectivity index (χ0) is 13.3. The fourth-order valence-electron chi connectivity index (χ4n) is 2.08. The first-order chi connectivity index (χ1) is 8.42. The summed E-state index contributed by atoms with van der Waals surface area (Å²) in [6, 6.07) is -0.0782. The van der Waals surface area contributed by atoms with Crippen molar-refractivity contribution in [2.45, 2.75) is 41.6 Å². The molecule has 0 saturated heterocycles. The lowest BCUT2D eigenvalue weighted by Gasteiger charge is -2.27. The Kier molecular flexibility index (Phi) is 4.45. The molecular weight excluding hydrogens is 388 g/mol. The van der Waals surface area contributed by atoms with Gasteiger partial charge in [0.05, 0.1) is 0 Å². The van der Waals surface area contributed by atoms with Gasteiger partial charge in [0.15, 0.2) is 4.60 Å². The van der Waals surface area contributed by atoms with Gasteiger partial charge < -0.3 is 0 Å². The Hall–Kier alpha value is 0.01000. The first-order valence-electron chi connectivity index (χ1n) is 5.63. The number of rotatable bonds is 3. The van der Waals surface area contributed by atoms with E-state index in [4.69, 9.17) is 0 Å². The van der Waals surface area contributed by atoms with Crippen molar-refractivity contribution >= 4 is 41.9 Å². The lowest BCUT2D eigenvalue weighted by Crippen LogP contribution is -2.43. The van der Waals surface area contributed by atoms with Crippen LogP contribution in [0.2, 0.25) is 0 Å². The molecule has 1 fully saturated rings. The van der Waals surface area contributed by atoms with Crippen molar-refractivity contribution in [1.29, 1.82) is 0 Å². The molecule has 0 aliphatic heterocycles. The number of hydrogen-bond acceptors (Lipinski definition) is 4. The fourth-order valence-corrected chi connectivity index (χ4v) is 5.38. The summed E-state index contributed by atoms with van der Waals surface area (Å²) < 4.78 is 28.8. The first kappa shape index (κ1) is 14.4. The average molecular weight is 402 g/mol. The number of hydrogen-bond donors (Lipinski definition) is 1. The third-order valence-electron chi connectivity index (χ3n) is 2.98. The highest BCUT2D eigenvalue weighted by atomic mass is 79.9. The van der Waals surface area contributed by atoms with Crippen molar-refractivity contribution in [2.75, 3.05) is 0 Å². The molecule has 0 amide bonds. The van der Waals surface area contributed by atoms with Crippen molar-refractivity contribution in [3.63, 3.8) is 0 Å². The molecule has 6 nitrogen and oxygen atoms in total. The van der Waals surface area contributed by atoms with Gasteiger partial charge in [-0.15, -0.1) is 5.10 Å². The Labute approximate surface area is 123 Å². The van der Waals surface area contributed by atoms with Crippen LogP contribution in [0.3, 0.4) is 0 Å². The lowest BCUT2D eigenvalue weighted by atomic mass is 9.96. The van der Waals surface area contributed by atoms with E-state index >= 15 is 0 Å². The van der Waals surface area contributed by atoms with E-state index in [2.05, 4.69) is 46.9 Å². The summed E-state index contributed by atoms with van der Waals surface area (Å²) in [7, 11) is -2.05. The van der Waals surface area contributed by atoms with Gasteiger partial charge in [0, 0.05) is 17.9 Å². The van der Waals surface area contributed by atoms with E-state index in [1.165, 1.54) is 4.68 Å². The smallest absolute Gasteiger partial charge is 0.235 e. The van der Waals surface area contributed by atoms with E-state index in [1.54, 1.807) is 7.05 Å². The average Bonchev–Trinajstić information content (AvgIpc) is 2.62. The van der Waals surface area contributed by atoms with Crippen LogP contribution in [0.25, 0.3) is 0 Å². The van der Waals surface area contributed by atoms with Crippen LogP contribution in [0.4, 0.5) is 0 Å². The van der Waals surface area contributed by atoms with Gasteiger partial charge in [0.1, 0.15) is 0 Å². The molecule has 1 heterocycles. The number of halogens is 2. The van der Waals surface area contributed by atoms with Crippen LogP contribution in [0.15, 0.2) is 9.63 Å². The molecular formula is C9H14Br2N4O2S. The maximum absolute atomic E-state index is 12.3. The molecule has 0 radical (unpaired) electrons.